The first-order valence-electron chi connectivity index (χ1n) is 13.2. The van der Waals surface area contributed by atoms with Crippen LogP contribution in [0.25, 0.3) is 0 Å². The zero-order valence-corrected chi connectivity index (χ0v) is 23.1. The van der Waals surface area contributed by atoms with Crippen LogP contribution in [0, 0.1) is 11.3 Å². The van der Waals surface area contributed by atoms with Gasteiger partial charge in [0.1, 0.15) is 23.9 Å². The van der Waals surface area contributed by atoms with Crippen LogP contribution in [-0.2, 0) is 42.9 Å². The van der Waals surface area contributed by atoms with Crippen molar-refractivity contribution in [2.45, 2.75) is 115 Å². The first-order chi connectivity index (χ1) is 17.6. The molecule has 0 amide bonds. The van der Waals surface area contributed by atoms with Crippen molar-refractivity contribution < 1.29 is 48.0 Å². The van der Waals surface area contributed by atoms with Crippen LogP contribution in [0.15, 0.2) is 23.8 Å². The summed E-state index contributed by atoms with van der Waals surface area (Å²) >= 11 is 0. The molecule has 10 heteroatoms. The summed E-state index contributed by atoms with van der Waals surface area (Å²) in [5.74, 6) is -3.30. The van der Waals surface area contributed by atoms with Gasteiger partial charge in [-0.3, -0.25) is 14.4 Å². The molecule has 2 fully saturated rings. The maximum Gasteiger partial charge on any atom is 0.342 e. The van der Waals surface area contributed by atoms with Gasteiger partial charge < -0.3 is 28.8 Å². The molecule has 10 nitrogen and oxygen atoms in total. The van der Waals surface area contributed by atoms with Gasteiger partial charge in [-0.2, -0.15) is 0 Å². The van der Waals surface area contributed by atoms with Crippen LogP contribution in [0.5, 0.6) is 0 Å². The standard InChI is InChI=1S/C28H38O10/c1-8-9-21(31)36-19-12-13-25(5)18(34-16(3)29)11-10-15(2)14-20-28(27(7,38-28)24(32)37-20)23(35-17(4)30)22(25)26(19,6)33/h12-14,18-20,22-23,33H,8-11H2,1-7H3/b15-14-/t18-,19+,20-,22+,23-,25+,26-,27+,28-/m0/s1. The van der Waals surface area contributed by atoms with Crippen LogP contribution in [-0.4, -0.2) is 70.2 Å². The Bertz CT molecular complexity index is 1090. The van der Waals surface area contributed by atoms with Crippen molar-refractivity contribution in [3.05, 3.63) is 23.8 Å². The number of aliphatic hydroxyl groups is 1. The van der Waals surface area contributed by atoms with Gasteiger partial charge in [0.2, 0.25) is 0 Å². The molecule has 2 aliphatic heterocycles. The van der Waals surface area contributed by atoms with Crippen LogP contribution in [0.2, 0.25) is 0 Å². The minimum absolute atomic E-state index is 0.158. The van der Waals surface area contributed by atoms with E-state index in [1.807, 2.05) is 13.8 Å². The molecule has 9 atom stereocenters. The number of carbonyl (C=O) groups excluding carboxylic acids is 4. The second-order valence-electron chi connectivity index (χ2n) is 11.5. The minimum atomic E-state index is -1.83. The SMILES string of the molecule is CCCC(=O)O[C@@H]1C=C[C@]2(C)[C@@H](OC(C)=O)CC/C(C)=C\[C@@H]3OC(=O)[C@@]4(C)O[C@]34[C@@H](OC(C)=O)[C@H]2[C@@]1(C)O. The summed E-state index contributed by atoms with van der Waals surface area (Å²) < 4.78 is 29.4. The second kappa shape index (κ2) is 9.48. The zero-order chi connectivity index (χ0) is 28.3. The largest absolute Gasteiger partial charge is 0.462 e. The lowest BCUT2D eigenvalue weighted by Crippen LogP contribution is -2.67. The molecule has 0 bridgehead atoms. The van der Waals surface area contributed by atoms with Gasteiger partial charge in [0.25, 0.3) is 0 Å². The van der Waals surface area contributed by atoms with Gasteiger partial charge >= 0.3 is 23.9 Å². The maximum atomic E-state index is 13.0. The summed E-state index contributed by atoms with van der Waals surface area (Å²) in [6.45, 7) is 11.1. The van der Waals surface area contributed by atoms with Gasteiger partial charge in [0.05, 0.1) is 0 Å². The fourth-order valence-electron chi connectivity index (χ4n) is 6.69. The molecule has 2 saturated heterocycles. The minimum Gasteiger partial charge on any atom is -0.462 e. The first kappa shape index (κ1) is 28.3. The molecular weight excluding hydrogens is 496 g/mol. The third-order valence-corrected chi connectivity index (χ3v) is 8.60. The Kier molecular flexibility index (Phi) is 7.06. The predicted molar refractivity (Wildman–Crippen MR) is 132 cm³/mol. The second-order valence-corrected chi connectivity index (χ2v) is 11.5. The molecule has 0 radical (unpaired) electrons. The van der Waals surface area contributed by atoms with Crippen molar-refractivity contribution in [2.75, 3.05) is 0 Å². The highest BCUT2D eigenvalue weighted by molar-refractivity contribution is 5.89. The molecule has 210 valence electrons. The number of ether oxygens (including phenoxy) is 5. The van der Waals surface area contributed by atoms with Crippen molar-refractivity contribution in [1.29, 1.82) is 0 Å². The normalized spacial score (nSPS) is 44.8. The number of rotatable bonds is 5. The van der Waals surface area contributed by atoms with Crippen molar-refractivity contribution >= 4 is 23.9 Å². The van der Waals surface area contributed by atoms with Gasteiger partial charge in [-0.1, -0.05) is 25.5 Å². The summed E-state index contributed by atoms with van der Waals surface area (Å²) in [4.78, 5) is 50.3. The molecule has 0 aromatic rings. The Morgan fingerprint density at radius 1 is 1.11 bits per heavy atom. The highest BCUT2D eigenvalue weighted by Crippen LogP contribution is 2.65. The summed E-state index contributed by atoms with van der Waals surface area (Å²) in [5, 5.41) is 12.2. The topological polar surface area (TPSA) is 138 Å². The Morgan fingerprint density at radius 2 is 1.76 bits per heavy atom. The Labute approximate surface area is 222 Å². The highest BCUT2D eigenvalue weighted by atomic mass is 16.7. The number of hydrogen-bond acceptors (Lipinski definition) is 10. The monoisotopic (exact) mass is 534 g/mol. The van der Waals surface area contributed by atoms with E-state index in [1.54, 1.807) is 32.1 Å². The van der Waals surface area contributed by atoms with E-state index in [1.165, 1.54) is 20.8 Å². The van der Waals surface area contributed by atoms with E-state index in [0.29, 0.717) is 19.3 Å². The molecule has 2 heterocycles. The number of carbonyl (C=O) groups is 4. The van der Waals surface area contributed by atoms with Crippen molar-refractivity contribution in [3.63, 3.8) is 0 Å². The number of allylic oxidation sites excluding steroid dienone is 1. The van der Waals surface area contributed by atoms with E-state index in [9.17, 15) is 24.3 Å². The smallest absolute Gasteiger partial charge is 0.342 e. The van der Waals surface area contributed by atoms with Crippen LogP contribution < -0.4 is 0 Å². The van der Waals surface area contributed by atoms with Gasteiger partial charge in [-0.05, 0) is 52.2 Å². The predicted octanol–water partition coefficient (Wildman–Crippen LogP) is 2.70. The molecule has 0 aromatic heterocycles. The first-order valence-corrected chi connectivity index (χ1v) is 13.2. The molecule has 0 unspecified atom stereocenters. The van der Waals surface area contributed by atoms with Crippen LogP contribution in [0.4, 0.5) is 0 Å². The third kappa shape index (κ3) is 4.25. The lowest BCUT2D eigenvalue weighted by Gasteiger charge is -2.55. The van der Waals surface area contributed by atoms with Gasteiger partial charge in [0.15, 0.2) is 17.3 Å². The van der Waals surface area contributed by atoms with Crippen LogP contribution >= 0.6 is 0 Å². The lowest BCUT2D eigenvalue weighted by atomic mass is 9.55. The third-order valence-electron chi connectivity index (χ3n) is 8.60. The number of esters is 4. The highest BCUT2D eigenvalue weighted by Gasteiger charge is 2.87. The molecule has 0 saturated carbocycles. The fourth-order valence-corrected chi connectivity index (χ4v) is 6.69. The Balaban J connectivity index is 1.95. The number of epoxide rings is 1. The van der Waals surface area contributed by atoms with Gasteiger partial charge in [0, 0.05) is 31.6 Å². The van der Waals surface area contributed by atoms with E-state index in [2.05, 4.69) is 0 Å². The summed E-state index contributed by atoms with van der Waals surface area (Å²) in [7, 11) is 0. The van der Waals surface area contributed by atoms with E-state index in [4.69, 9.17) is 23.7 Å². The lowest BCUT2D eigenvalue weighted by molar-refractivity contribution is -0.219. The molecule has 4 rings (SSSR count). The summed E-state index contributed by atoms with van der Waals surface area (Å²) in [6, 6.07) is 0. The van der Waals surface area contributed by atoms with Gasteiger partial charge in [-0.15, -0.1) is 0 Å². The van der Waals surface area contributed by atoms with E-state index in [0.717, 1.165) is 5.57 Å². The Morgan fingerprint density at radius 3 is 2.34 bits per heavy atom. The van der Waals surface area contributed by atoms with E-state index >= 15 is 0 Å². The molecule has 4 aliphatic rings. The van der Waals surface area contributed by atoms with Crippen molar-refractivity contribution in [2.24, 2.45) is 11.3 Å². The van der Waals surface area contributed by atoms with E-state index in [-0.39, 0.29) is 6.42 Å². The van der Waals surface area contributed by atoms with Crippen molar-refractivity contribution in [1.82, 2.24) is 0 Å². The van der Waals surface area contributed by atoms with E-state index < -0.39 is 76.4 Å². The quantitative estimate of drug-likeness (QED) is 0.242. The summed E-state index contributed by atoms with van der Waals surface area (Å²) in [5.41, 5.74) is -4.97. The Hall–Kier alpha value is -2.72. The molecular formula is C28H38O10. The maximum absolute atomic E-state index is 13.0. The average Bonchev–Trinajstić information content (AvgIpc) is 3.38. The average molecular weight is 535 g/mol. The molecule has 38 heavy (non-hydrogen) atoms. The number of fused-ring (bicyclic) bond motifs is 1. The fraction of sp³-hybridized carbons (Fsp3) is 0.714. The molecule has 1 spiro atoms. The van der Waals surface area contributed by atoms with Crippen molar-refractivity contribution in [3.8, 4) is 0 Å². The van der Waals surface area contributed by atoms with Crippen LogP contribution in [0.3, 0.4) is 0 Å². The molecule has 0 aromatic carbocycles. The molecule has 1 N–H and O–H groups in total. The van der Waals surface area contributed by atoms with Crippen LogP contribution in [0.1, 0.15) is 74.1 Å². The molecule has 2 aliphatic carbocycles. The zero-order valence-electron chi connectivity index (χ0n) is 23.1. The van der Waals surface area contributed by atoms with Gasteiger partial charge in [-0.25, -0.2) is 4.79 Å². The number of hydrogen-bond donors (Lipinski definition) is 1. The summed E-state index contributed by atoms with van der Waals surface area (Å²) in [6.07, 6.45) is 2.75.